The molecule has 4 atom stereocenters. The topological polar surface area (TPSA) is 139 Å². The van der Waals surface area contributed by atoms with Gasteiger partial charge in [0.25, 0.3) is 5.91 Å². The summed E-state index contributed by atoms with van der Waals surface area (Å²) in [6.07, 6.45) is -6.66. The first-order chi connectivity index (χ1) is 8.95. The lowest BCUT2D eigenvalue weighted by Gasteiger charge is -2.24. The molecule has 0 aliphatic heterocycles. The second kappa shape index (κ2) is 10.1. The molecule has 0 saturated heterocycles. The summed E-state index contributed by atoms with van der Waals surface area (Å²) in [6, 6.07) is 0. The summed E-state index contributed by atoms with van der Waals surface area (Å²) in [5, 5.41) is 48.2. The van der Waals surface area contributed by atoms with Gasteiger partial charge < -0.3 is 35.6 Å². The molecule has 0 rings (SSSR count). The van der Waals surface area contributed by atoms with Gasteiger partial charge in [-0.3, -0.25) is 4.79 Å². The molecule has 0 fully saturated rings. The third-order valence-corrected chi connectivity index (χ3v) is 2.49. The molecule has 0 aromatic carbocycles. The Balaban J connectivity index is 4.03. The van der Waals surface area contributed by atoms with Crippen LogP contribution in [0.15, 0.2) is 0 Å². The molecular weight excluding hydrogens is 258 g/mol. The first-order valence-corrected chi connectivity index (χ1v) is 6.14. The van der Waals surface area contributed by atoms with Gasteiger partial charge >= 0.3 is 0 Å². The second-order valence-electron chi connectivity index (χ2n) is 4.02. The summed E-state index contributed by atoms with van der Waals surface area (Å²) in [5.74, 6) is -0.867. The molecule has 0 aliphatic rings. The molecule has 8 heteroatoms. The van der Waals surface area contributed by atoms with Crippen LogP contribution in [0.4, 0.5) is 0 Å². The van der Waals surface area contributed by atoms with Crippen LogP contribution in [0.5, 0.6) is 0 Å². The van der Waals surface area contributed by atoms with Gasteiger partial charge in [-0.2, -0.15) is 0 Å². The molecule has 0 saturated carbocycles. The van der Waals surface area contributed by atoms with Gasteiger partial charge in [0.05, 0.1) is 6.61 Å². The lowest BCUT2D eigenvalue weighted by molar-refractivity contribution is -0.148. The zero-order chi connectivity index (χ0) is 14.8. The van der Waals surface area contributed by atoms with Gasteiger partial charge in [0.2, 0.25) is 0 Å². The summed E-state index contributed by atoms with van der Waals surface area (Å²) in [6.45, 7) is 2.33. The van der Waals surface area contributed by atoms with Crippen molar-refractivity contribution in [2.24, 2.45) is 0 Å². The summed E-state index contributed by atoms with van der Waals surface area (Å²) < 4.78 is 5.04. The normalized spacial score (nSPS) is 17.6. The average Bonchev–Trinajstić information content (AvgIpc) is 2.43. The number of aliphatic hydroxyl groups excluding tert-OH is 5. The number of hydrogen-bond acceptors (Lipinski definition) is 7. The molecule has 114 valence electrons. The summed E-state index contributed by atoms with van der Waals surface area (Å²) >= 11 is 0. The van der Waals surface area contributed by atoms with Crippen molar-refractivity contribution < 1.29 is 35.1 Å². The zero-order valence-corrected chi connectivity index (χ0v) is 10.9. The molecule has 0 bridgehead atoms. The molecular formula is C11H23NO7. The van der Waals surface area contributed by atoms with Crippen LogP contribution in [0, 0.1) is 0 Å². The van der Waals surface area contributed by atoms with Crippen LogP contribution in [0.25, 0.3) is 0 Å². The summed E-state index contributed by atoms with van der Waals surface area (Å²) in [7, 11) is 0. The van der Waals surface area contributed by atoms with E-state index in [1.807, 2.05) is 6.92 Å². The number of ether oxygens (including phenoxy) is 1. The van der Waals surface area contributed by atoms with E-state index in [0.717, 1.165) is 0 Å². The highest BCUT2D eigenvalue weighted by atomic mass is 16.5. The maximum absolute atomic E-state index is 11.4. The molecule has 19 heavy (non-hydrogen) atoms. The van der Waals surface area contributed by atoms with Crippen LogP contribution in [0.1, 0.15) is 13.3 Å². The zero-order valence-electron chi connectivity index (χ0n) is 10.9. The molecule has 8 nitrogen and oxygen atoms in total. The molecule has 1 amide bonds. The fourth-order valence-electron chi connectivity index (χ4n) is 1.31. The number of nitrogens with one attached hydrogen (secondary N) is 1. The lowest BCUT2D eigenvalue weighted by Crippen LogP contribution is -2.51. The van der Waals surface area contributed by atoms with Crippen LogP contribution in [-0.2, 0) is 9.53 Å². The van der Waals surface area contributed by atoms with Crippen LogP contribution in [0.2, 0.25) is 0 Å². The first kappa shape index (κ1) is 18.2. The van der Waals surface area contributed by atoms with Gasteiger partial charge in [0, 0.05) is 19.8 Å². The van der Waals surface area contributed by atoms with E-state index < -0.39 is 36.9 Å². The molecule has 0 spiro atoms. The Labute approximate surface area is 111 Å². The number of carbonyl (C=O) groups is 1. The number of hydrogen-bond donors (Lipinski definition) is 6. The molecule has 0 radical (unpaired) electrons. The van der Waals surface area contributed by atoms with Crippen molar-refractivity contribution in [2.75, 3.05) is 26.4 Å². The predicted molar refractivity (Wildman–Crippen MR) is 65.2 cm³/mol. The maximum Gasteiger partial charge on any atom is 0.251 e. The van der Waals surface area contributed by atoms with E-state index in [4.69, 9.17) is 14.9 Å². The molecule has 0 unspecified atom stereocenters. The predicted octanol–water partition coefficient (Wildman–Crippen LogP) is -3.03. The lowest BCUT2D eigenvalue weighted by atomic mass is 10.0. The van der Waals surface area contributed by atoms with Crippen molar-refractivity contribution >= 4 is 5.91 Å². The molecule has 0 heterocycles. The number of rotatable bonds is 10. The third-order valence-electron chi connectivity index (χ3n) is 2.49. The van der Waals surface area contributed by atoms with Crippen LogP contribution < -0.4 is 5.32 Å². The Kier molecular flexibility index (Phi) is 9.66. The van der Waals surface area contributed by atoms with Gasteiger partial charge in [0.1, 0.15) is 18.3 Å². The van der Waals surface area contributed by atoms with Crippen LogP contribution >= 0.6 is 0 Å². The minimum absolute atomic E-state index is 0.251. The van der Waals surface area contributed by atoms with Gasteiger partial charge in [-0.1, -0.05) is 0 Å². The van der Waals surface area contributed by atoms with E-state index in [-0.39, 0.29) is 6.54 Å². The van der Waals surface area contributed by atoms with Crippen molar-refractivity contribution in [3.05, 3.63) is 0 Å². The Hall–Kier alpha value is -0.770. The van der Waals surface area contributed by atoms with Crippen LogP contribution in [-0.4, -0.2) is 82.2 Å². The summed E-state index contributed by atoms with van der Waals surface area (Å²) in [4.78, 5) is 11.4. The average molecular weight is 281 g/mol. The quantitative estimate of drug-likeness (QED) is 0.234. The number of amides is 1. The fraction of sp³-hybridized carbons (Fsp3) is 0.909. The summed E-state index contributed by atoms with van der Waals surface area (Å²) in [5.41, 5.74) is 0. The van der Waals surface area contributed by atoms with E-state index in [2.05, 4.69) is 5.32 Å². The Bertz CT molecular complexity index is 251. The van der Waals surface area contributed by atoms with Crippen molar-refractivity contribution in [2.45, 2.75) is 37.8 Å². The van der Waals surface area contributed by atoms with Crippen molar-refractivity contribution in [1.29, 1.82) is 0 Å². The standard InChI is InChI=1S/C11H23NO7/c1-2-19-5-3-4-12-11(18)10(17)9(16)8(15)7(14)6-13/h7-10,13-17H,2-6H2,1H3,(H,12,18)/t7-,8-,9+,10-/m1/s1. The van der Waals surface area contributed by atoms with Crippen molar-refractivity contribution in [3.63, 3.8) is 0 Å². The minimum Gasteiger partial charge on any atom is -0.394 e. The van der Waals surface area contributed by atoms with E-state index in [0.29, 0.717) is 19.6 Å². The minimum atomic E-state index is -1.89. The van der Waals surface area contributed by atoms with E-state index >= 15 is 0 Å². The van der Waals surface area contributed by atoms with Crippen LogP contribution in [0.3, 0.4) is 0 Å². The monoisotopic (exact) mass is 281 g/mol. The third kappa shape index (κ3) is 6.81. The first-order valence-electron chi connectivity index (χ1n) is 6.14. The van der Waals surface area contributed by atoms with E-state index in [1.54, 1.807) is 0 Å². The van der Waals surface area contributed by atoms with Crippen molar-refractivity contribution in [1.82, 2.24) is 5.32 Å². The van der Waals surface area contributed by atoms with Crippen molar-refractivity contribution in [3.8, 4) is 0 Å². The number of carbonyl (C=O) groups excluding carboxylic acids is 1. The van der Waals surface area contributed by atoms with Gasteiger partial charge in [0.15, 0.2) is 6.10 Å². The number of aliphatic hydroxyl groups is 5. The second-order valence-corrected chi connectivity index (χ2v) is 4.02. The molecule has 0 aliphatic carbocycles. The van der Waals surface area contributed by atoms with Gasteiger partial charge in [-0.25, -0.2) is 0 Å². The highest BCUT2D eigenvalue weighted by molar-refractivity contribution is 5.81. The Morgan fingerprint density at radius 1 is 1.21 bits per heavy atom. The maximum atomic E-state index is 11.4. The Morgan fingerprint density at radius 3 is 2.37 bits per heavy atom. The highest BCUT2D eigenvalue weighted by Gasteiger charge is 2.33. The molecule has 0 aromatic heterocycles. The van der Waals surface area contributed by atoms with Gasteiger partial charge in [-0.15, -0.1) is 0 Å². The Morgan fingerprint density at radius 2 is 1.84 bits per heavy atom. The fourth-order valence-corrected chi connectivity index (χ4v) is 1.31. The smallest absolute Gasteiger partial charge is 0.251 e. The highest BCUT2D eigenvalue weighted by Crippen LogP contribution is 2.05. The largest absolute Gasteiger partial charge is 0.394 e. The van der Waals surface area contributed by atoms with E-state index in [1.165, 1.54) is 0 Å². The van der Waals surface area contributed by atoms with E-state index in [9.17, 15) is 20.1 Å². The molecule has 0 aromatic rings. The van der Waals surface area contributed by atoms with Gasteiger partial charge in [-0.05, 0) is 13.3 Å². The molecule has 6 N–H and O–H groups in total. The SMILES string of the molecule is CCOCCCNC(=O)[C@H](O)[C@@H](O)[C@H](O)[C@H](O)CO.